The van der Waals surface area contributed by atoms with Crippen LogP contribution in [-0.4, -0.2) is 22.8 Å². The Morgan fingerprint density at radius 3 is 2.71 bits per heavy atom. The highest BCUT2D eigenvalue weighted by atomic mass is 35.5. The Bertz CT molecular complexity index is 742. The Labute approximate surface area is 155 Å². The number of nitrogens with zero attached hydrogens (tertiary/aromatic N) is 2. The molecule has 0 aliphatic rings. The fourth-order valence-corrected chi connectivity index (χ4v) is 2.73. The van der Waals surface area contributed by atoms with Crippen LogP contribution in [0.5, 0.6) is 5.75 Å². The first-order valence-corrected chi connectivity index (χ1v) is 8.31. The lowest BCUT2D eigenvalue weighted by Crippen LogP contribution is -2.06. The second-order valence-corrected chi connectivity index (χ2v) is 6.02. The van der Waals surface area contributed by atoms with E-state index in [1.807, 2.05) is 46.6 Å². The number of ether oxygens (including phenoxy) is 2. The quantitative estimate of drug-likeness (QED) is 0.422. The third kappa shape index (κ3) is 5.30. The Morgan fingerprint density at radius 2 is 2.04 bits per heavy atom. The summed E-state index contributed by atoms with van der Waals surface area (Å²) in [6.07, 6.45) is 7.22. The molecule has 2 aromatic heterocycles. The van der Waals surface area contributed by atoms with Gasteiger partial charge in [0.1, 0.15) is 19.0 Å². The van der Waals surface area contributed by atoms with Crippen molar-refractivity contribution in [2.45, 2.75) is 0 Å². The Balaban J connectivity index is 0.00000208. The predicted molar refractivity (Wildman–Crippen MR) is 101 cm³/mol. The van der Waals surface area contributed by atoms with Crippen molar-refractivity contribution in [3.05, 3.63) is 70.4 Å². The van der Waals surface area contributed by atoms with Gasteiger partial charge in [-0.3, -0.25) is 0 Å². The first kappa shape index (κ1) is 18.4. The van der Waals surface area contributed by atoms with E-state index in [1.54, 1.807) is 36.0 Å². The van der Waals surface area contributed by atoms with Crippen LogP contribution >= 0.6 is 35.3 Å². The lowest BCUT2D eigenvalue weighted by atomic mass is 10.3. The Hall–Kier alpha value is -1.95. The Kier molecular flexibility index (Phi) is 7.18. The monoisotopic (exact) mass is 382 g/mol. The zero-order valence-corrected chi connectivity index (χ0v) is 15.1. The van der Waals surface area contributed by atoms with Crippen LogP contribution in [0, 0.1) is 0 Å². The molecule has 0 aliphatic heterocycles. The maximum Gasteiger partial charge on any atom is 0.153 e. The number of hydrogen-bond acceptors (Lipinski definition) is 4. The van der Waals surface area contributed by atoms with Gasteiger partial charge in [0.25, 0.3) is 0 Å². The molecular weight excluding hydrogens is 367 g/mol. The van der Waals surface area contributed by atoms with E-state index in [2.05, 4.69) is 4.98 Å². The smallest absolute Gasteiger partial charge is 0.153 e. The van der Waals surface area contributed by atoms with Crippen molar-refractivity contribution >= 4 is 47.3 Å². The van der Waals surface area contributed by atoms with E-state index >= 15 is 0 Å². The molecule has 7 heteroatoms. The standard InChI is InChI=1S/C17H15ClN2O2S.ClH/c18-14-3-5-15(6-4-14)21-9-10-22-16(17-2-1-11-23-17)12-20-8-7-19-13-20;/h1-8,11-13H,9-10H2;1H/b16-12+;. The molecule has 0 amide bonds. The number of thiophene rings is 1. The molecule has 0 atom stereocenters. The molecule has 0 bridgehead atoms. The van der Waals surface area contributed by atoms with Gasteiger partial charge in [0, 0.05) is 17.4 Å². The molecule has 0 saturated heterocycles. The third-order valence-corrected chi connectivity index (χ3v) is 4.11. The van der Waals surface area contributed by atoms with E-state index in [4.69, 9.17) is 21.1 Å². The molecule has 0 unspecified atom stereocenters. The molecule has 3 aromatic rings. The van der Waals surface area contributed by atoms with E-state index in [0.717, 1.165) is 16.4 Å². The van der Waals surface area contributed by atoms with E-state index in [-0.39, 0.29) is 12.4 Å². The summed E-state index contributed by atoms with van der Waals surface area (Å²) in [7, 11) is 0. The number of rotatable bonds is 7. The highest BCUT2D eigenvalue weighted by Gasteiger charge is 2.05. The average molecular weight is 383 g/mol. The van der Waals surface area contributed by atoms with E-state index in [9.17, 15) is 0 Å². The average Bonchev–Trinajstić information content (AvgIpc) is 3.25. The lowest BCUT2D eigenvalue weighted by Gasteiger charge is -2.11. The predicted octanol–water partition coefficient (Wildman–Crippen LogP) is 5.07. The summed E-state index contributed by atoms with van der Waals surface area (Å²) in [5, 5.41) is 2.71. The Morgan fingerprint density at radius 1 is 1.21 bits per heavy atom. The van der Waals surface area contributed by atoms with Crippen molar-refractivity contribution in [3.8, 4) is 5.75 Å². The summed E-state index contributed by atoms with van der Waals surface area (Å²) in [4.78, 5) is 5.09. The van der Waals surface area contributed by atoms with Gasteiger partial charge in [-0.05, 0) is 35.7 Å². The summed E-state index contributed by atoms with van der Waals surface area (Å²) in [5.41, 5.74) is 0. The van der Waals surface area contributed by atoms with Crippen molar-refractivity contribution in [2.75, 3.05) is 13.2 Å². The normalized spacial score (nSPS) is 11.0. The second kappa shape index (κ2) is 9.37. The molecule has 24 heavy (non-hydrogen) atoms. The number of aromatic nitrogens is 2. The van der Waals surface area contributed by atoms with Crippen LogP contribution in [0.25, 0.3) is 12.0 Å². The number of hydrogen-bond donors (Lipinski definition) is 0. The number of halogens is 2. The largest absolute Gasteiger partial charge is 0.490 e. The molecule has 2 heterocycles. The number of imidazole rings is 1. The van der Waals surface area contributed by atoms with Gasteiger partial charge in [0.2, 0.25) is 0 Å². The maximum atomic E-state index is 5.88. The fourth-order valence-electron chi connectivity index (χ4n) is 1.91. The molecule has 0 saturated carbocycles. The molecule has 0 radical (unpaired) electrons. The SMILES string of the molecule is Cl.Clc1ccc(OCCO/C(=C/n2ccnc2)c2cccs2)cc1. The van der Waals surface area contributed by atoms with Gasteiger partial charge in [0.05, 0.1) is 17.4 Å². The zero-order chi connectivity index (χ0) is 15.9. The van der Waals surface area contributed by atoms with Crippen molar-refractivity contribution in [1.82, 2.24) is 9.55 Å². The lowest BCUT2D eigenvalue weighted by molar-refractivity contribution is 0.196. The first-order chi connectivity index (χ1) is 11.3. The highest BCUT2D eigenvalue weighted by Crippen LogP contribution is 2.22. The van der Waals surface area contributed by atoms with Crippen LogP contribution in [0.4, 0.5) is 0 Å². The van der Waals surface area contributed by atoms with Crippen LogP contribution in [0.3, 0.4) is 0 Å². The van der Waals surface area contributed by atoms with Crippen molar-refractivity contribution in [3.63, 3.8) is 0 Å². The van der Waals surface area contributed by atoms with Gasteiger partial charge in [-0.2, -0.15) is 0 Å². The van der Waals surface area contributed by atoms with Gasteiger partial charge in [-0.25, -0.2) is 4.98 Å². The van der Waals surface area contributed by atoms with Gasteiger partial charge in [0.15, 0.2) is 5.76 Å². The molecule has 126 valence electrons. The van der Waals surface area contributed by atoms with Gasteiger partial charge >= 0.3 is 0 Å². The van der Waals surface area contributed by atoms with E-state index in [0.29, 0.717) is 18.2 Å². The molecule has 3 rings (SSSR count). The van der Waals surface area contributed by atoms with Gasteiger partial charge < -0.3 is 14.0 Å². The summed E-state index contributed by atoms with van der Waals surface area (Å²) in [6.45, 7) is 0.898. The first-order valence-electron chi connectivity index (χ1n) is 7.05. The molecule has 0 N–H and O–H groups in total. The molecular formula is C17H16Cl2N2O2S. The van der Waals surface area contributed by atoms with Crippen molar-refractivity contribution < 1.29 is 9.47 Å². The van der Waals surface area contributed by atoms with Crippen LogP contribution in [-0.2, 0) is 4.74 Å². The molecule has 4 nitrogen and oxygen atoms in total. The van der Waals surface area contributed by atoms with E-state index in [1.165, 1.54) is 0 Å². The summed E-state index contributed by atoms with van der Waals surface area (Å²) in [6, 6.07) is 11.3. The summed E-state index contributed by atoms with van der Waals surface area (Å²) >= 11 is 7.47. The van der Waals surface area contributed by atoms with Crippen molar-refractivity contribution in [2.24, 2.45) is 0 Å². The second-order valence-electron chi connectivity index (χ2n) is 4.63. The molecule has 0 aliphatic carbocycles. The summed E-state index contributed by atoms with van der Waals surface area (Å²) < 4.78 is 13.4. The maximum absolute atomic E-state index is 5.88. The minimum atomic E-state index is 0. The molecule has 0 spiro atoms. The topological polar surface area (TPSA) is 36.3 Å². The third-order valence-electron chi connectivity index (χ3n) is 2.98. The summed E-state index contributed by atoms with van der Waals surface area (Å²) in [5.74, 6) is 1.56. The zero-order valence-electron chi connectivity index (χ0n) is 12.7. The fraction of sp³-hybridized carbons (Fsp3) is 0.118. The van der Waals surface area contributed by atoms with Crippen LogP contribution < -0.4 is 4.74 Å². The van der Waals surface area contributed by atoms with E-state index < -0.39 is 0 Å². The van der Waals surface area contributed by atoms with Gasteiger partial charge in [-0.15, -0.1) is 23.7 Å². The van der Waals surface area contributed by atoms with Crippen LogP contribution in [0.1, 0.15) is 4.88 Å². The van der Waals surface area contributed by atoms with Crippen molar-refractivity contribution in [1.29, 1.82) is 0 Å². The van der Waals surface area contributed by atoms with Crippen LogP contribution in [0.2, 0.25) is 5.02 Å². The molecule has 1 aromatic carbocycles. The number of benzene rings is 1. The minimum Gasteiger partial charge on any atom is -0.490 e. The minimum absolute atomic E-state index is 0. The van der Waals surface area contributed by atoms with Gasteiger partial charge in [-0.1, -0.05) is 17.7 Å². The molecule has 0 fully saturated rings. The van der Waals surface area contributed by atoms with Crippen LogP contribution in [0.15, 0.2) is 60.5 Å². The highest BCUT2D eigenvalue weighted by molar-refractivity contribution is 7.11.